The Balaban J connectivity index is 0. The Morgan fingerprint density at radius 1 is 0.829 bits per heavy atom. The van der Waals surface area contributed by atoms with Crippen molar-refractivity contribution in [3.8, 4) is 11.5 Å². The number of benzene rings is 2. The second kappa shape index (κ2) is 19.5. The van der Waals surface area contributed by atoms with Gasteiger partial charge in [0.25, 0.3) is 0 Å². The molecule has 1 amide bonds. The molecule has 0 fully saturated rings. The minimum atomic E-state index is -0.476. The van der Waals surface area contributed by atoms with Crippen LogP contribution in [0.4, 0.5) is 4.79 Å². The fourth-order valence-electron chi connectivity index (χ4n) is 2.62. The van der Waals surface area contributed by atoms with E-state index in [1.807, 2.05) is 69.3 Å². The van der Waals surface area contributed by atoms with Gasteiger partial charge < -0.3 is 35.5 Å². The maximum absolute atomic E-state index is 11.4. The molecule has 8 nitrogen and oxygen atoms in total. The van der Waals surface area contributed by atoms with E-state index < -0.39 is 11.7 Å². The molecule has 0 unspecified atom stereocenters. The molecule has 200 valence electrons. The van der Waals surface area contributed by atoms with Gasteiger partial charge in [-0.25, -0.2) is 4.79 Å². The third-order valence-electron chi connectivity index (χ3n) is 4.08. The number of aliphatic hydroxyl groups is 2. The highest BCUT2D eigenvalue weighted by Crippen LogP contribution is 2.13. The number of hydrogen-bond donors (Lipinski definition) is 4. The fraction of sp³-hybridized carbons (Fsp3) is 0.519. The molecule has 0 aliphatic rings. The van der Waals surface area contributed by atoms with Crippen LogP contribution < -0.4 is 20.5 Å². The molecule has 0 aliphatic carbocycles. The summed E-state index contributed by atoms with van der Waals surface area (Å²) in [5.41, 5.74) is 7.24. The van der Waals surface area contributed by atoms with Crippen LogP contribution in [0.1, 0.15) is 46.8 Å². The number of amides is 1. The van der Waals surface area contributed by atoms with Gasteiger partial charge in [-0.15, -0.1) is 0 Å². The van der Waals surface area contributed by atoms with Gasteiger partial charge in [0.1, 0.15) is 30.3 Å². The van der Waals surface area contributed by atoms with Gasteiger partial charge in [0.2, 0.25) is 0 Å². The SMILES string of the molecule is C.C.CC(C)(C)OC(=O)NCCc1ccc(OCCO)cc1.NCCc1ccc(OCCO)cc1. The Bertz CT molecular complexity index is 774. The van der Waals surface area contributed by atoms with E-state index in [9.17, 15) is 4.79 Å². The van der Waals surface area contributed by atoms with Gasteiger partial charge in [-0.2, -0.15) is 0 Å². The summed E-state index contributed by atoms with van der Waals surface area (Å²) in [4.78, 5) is 11.4. The smallest absolute Gasteiger partial charge is 0.407 e. The second-order valence-corrected chi connectivity index (χ2v) is 8.15. The first-order valence-electron chi connectivity index (χ1n) is 11.1. The maximum Gasteiger partial charge on any atom is 0.407 e. The van der Waals surface area contributed by atoms with Gasteiger partial charge >= 0.3 is 6.09 Å². The summed E-state index contributed by atoms with van der Waals surface area (Å²) in [7, 11) is 0. The van der Waals surface area contributed by atoms with Crippen LogP contribution in [-0.4, -0.2) is 61.4 Å². The van der Waals surface area contributed by atoms with Crippen molar-refractivity contribution in [2.75, 3.05) is 39.5 Å². The molecular weight excluding hydrogens is 448 g/mol. The lowest BCUT2D eigenvalue weighted by Gasteiger charge is -2.19. The van der Waals surface area contributed by atoms with Gasteiger partial charge in [0, 0.05) is 6.54 Å². The molecule has 5 N–H and O–H groups in total. The van der Waals surface area contributed by atoms with Crippen molar-refractivity contribution < 1.29 is 29.2 Å². The van der Waals surface area contributed by atoms with E-state index in [1.54, 1.807) is 0 Å². The zero-order valence-corrected chi connectivity index (χ0v) is 19.9. The monoisotopic (exact) mass is 494 g/mol. The molecule has 35 heavy (non-hydrogen) atoms. The summed E-state index contributed by atoms with van der Waals surface area (Å²) in [6.07, 6.45) is 1.21. The van der Waals surface area contributed by atoms with E-state index in [-0.39, 0.29) is 28.1 Å². The second-order valence-electron chi connectivity index (χ2n) is 8.15. The molecule has 2 rings (SSSR count). The lowest BCUT2D eigenvalue weighted by molar-refractivity contribution is 0.0528. The summed E-state index contributed by atoms with van der Waals surface area (Å²) >= 11 is 0. The number of hydrogen-bond acceptors (Lipinski definition) is 7. The zero-order valence-electron chi connectivity index (χ0n) is 19.9. The fourth-order valence-corrected chi connectivity index (χ4v) is 2.62. The summed E-state index contributed by atoms with van der Waals surface area (Å²) in [6, 6.07) is 15.3. The first-order valence-corrected chi connectivity index (χ1v) is 11.1. The number of nitrogens with two attached hydrogens (primary N) is 1. The molecular formula is C27H46N2O6. The average molecular weight is 495 g/mol. The van der Waals surface area contributed by atoms with Gasteiger partial charge in [-0.3, -0.25) is 0 Å². The van der Waals surface area contributed by atoms with E-state index >= 15 is 0 Å². The molecule has 0 aromatic heterocycles. The number of carbonyl (C=O) groups excluding carboxylic acids is 1. The molecule has 0 radical (unpaired) electrons. The average Bonchev–Trinajstić information content (AvgIpc) is 2.77. The molecule has 8 heteroatoms. The summed E-state index contributed by atoms with van der Waals surface area (Å²) in [5.74, 6) is 1.51. The van der Waals surface area contributed by atoms with Crippen LogP contribution in [0, 0.1) is 0 Å². The lowest BCUT2D eigenvalue weighted by Crippen LogP contribution is -2.33. The molecule has 0 saturated carbocycles. The third-order valence-corrected chi connectivity index (χ3v) is 4.08. The van der Waals surface area contributed by atoms with Gasteiger partial charge in [-0.1, -0.05) is 39.1 Å². The van der Waals surface area contributed by atoms with E-state index in [0.717, 1.165) is 29.9 Å². The Hall–Kier alpha value is -2.81. The van der Waals surface area contributed by atoms with Crippen LogP contribution >= 0.6 is 0 Å². The highest BCUT2D eigenvalue weighted by Gasteiger charge is 2.15. The lowest BCUT2D eigenvalue weighted by atomic mass is 10.1. The number of rotatable bonds is 11. The summed E-state index contributed by atoms with van der Waals surface area (Å²) < 4.78 is 15.6. The Labute approximate surface area is 211 Å². The minimum absolute atomic E-state index is 0. The number of aliphatic hydroxyl groups excluding tert-OH is 2. The molecule has 0 spiro atoms. The molecule has 2 aromatic rings. The zero-order chi connectivity index (χ0) is 24.5. The number of nitrogens with one attached hydrogen (secondary N) is 1. The van der Waals surface area contributed by atoms with Crippen molar-refractivity contribution in [1.82, 2.24) is 5.32 Å². The third kappa shape index (κ3) is 17.3. The predicted molar refractivity (Wildman–Crippen MR) is 142 cm³/mol. The normalized spacial score (nSPS) is 10.0. The molecule has 0 aliphatic heterocycles. The van der Waals surface area contributed by atoms with Crippen molar-refractivity contribution in [1.29, 1.82) is 0 Å². The van der Waals surface area contributed by atoms with Crippen molar-refractivity contribution in [2.45, 2.75) is 54.1 Å². The van der Waals surface area contributed by atoms with E-state index in [0.29, 0.717) is 26.3 Å². The maximum atomic E-state index is 11.4. The molecule has 0 heterocycles. The number of carbonyl (C=O) groups is 1. The van der Waals surface area contributed by atoms with Crippen LogP contribution in [0.3, 0.4) is 0 Å². The molecule has 0 bridgehead atoms. The van der Waals surface area contributed by atoms with Crippen LogP contribution in [-0.2, 0) is 17.6 Å². The number of ether oxygens (including phenoxy) is 3. The first kappa shape index (κ1) is 34.4. The van der Waals surface area contributed by atoms with Crippen molar-refractivity contribution in [3.63, 3.8) is 0 Å². The molecule has 0 atom stereocenters. The van der Waals surface area contributed by atoms with Gasteiger partial charge in [0.05, 0.1) is 13.2 Å². The van der Waals surface area contributed by atoms with Gasteiger partial charge in [-0.05, 0) is 75.5 Å². The molecule has 2 aromatic carbocycles. The molecule has 0 saturated heterocycles. The van der Waals surface area contributed by atoms with Crippen LogP contribution in [0.15, 0.2) is 48.5 Å². The summed E-state index contributed by atoms with van der Waals surface area (Å²) in [6.45, 7) is 7.36. The van der Waals surface area contributed by atoms with Crippen molar-refractivity contribution in [3.05, 3.63) is 59.7 Å². The topological polar surface area (TPSA) is 123 Å². The Morgan fingerprint density at radius 3 is 1.63 bits per heavy atom. The Morgan fingerprint density at radius 2 is 1.26 bits per heavy atom. The standard InChI is InChI=1S/C15H23NO4.C10H15NO2.2CH4/c1-15(2,3)20-14(18)16-9-8-12-4-6-13(7-5-12)19-11-10-17;11-6-5-9-1-3-10(4-2-9)13-8-7-12;;/h4-7,17H,8-11H2,1-3H3,(H,16,18);1-4,12H,5-8,11H2;2*1H4. The van der Waals surface area contributed by atoms with Crippen molar-refractivity contribution in [2.24, 2.45) is 5.73 Å². The quantitative estimate of drug-likeness (QED) is 0.373. The minimum Gasteiger partial charge on any atom is -0.491 e. The van der Waals surface area contributed by atoms with Crippen LogP contribution in [0.2, 0.25) is 0 Å². The number of alkyl carbamates (subject to hydrolysis) is 1. The Kier molecular flexibility index (Phi) is 19.1. The predicted octanol–water partition coefficient (Wildman–Crippen LogP) is 3.96. The van der Waals surface area contributed by atoms with Crippen molar-refractivity contribution >= 4 is 6.09 Å². The van der Waals surface area contributed by atoms with Gasteiger partial charge in [0.15, 0.2) is 0 Å². The van der Waals surface area contributed by atoms with E-state index in [1.165, 1.54) is 5.56 Å². The highest BCUT2D eigenvalue weighted by atomic mass is 16.6. The largest absolute Gasteiger partial charge is 0.491 e. The van der Waals surface area contributed by atoms with Crippen LogP contribution in [0.5, 0.6) is 11.5 Å². The van der Waals surface area contributed by atoms with Crippen LogP contribution in [0.25, 0.3) is 0 Å². The highest BCUT2D eigenvalue weighted by molar-refractivity contribution is 5.67. The first-order chi connectivity index (χ1) is 15.8. The van der Waals surface area contributed by atoms with E-state index in [2.05, 4.69) is 5.32 Å². The van der Waals surface area contributed by atoms with E-state index in [4.69, 9.17) is 30.2 Å². The summed E-state index contributed by atoms with van der Waals surface area (Å²) in [5, 5.41) is 19.9.